The maximum absolute atomic E-state index is 11.9. The van der Waals surface area contributed by atoms with Crippen molar-refractivity contribution in [3.05, 3.63) is 0 Å². The zero-order valence-corrected chi connectivity index (χ0v) is 12.2. The summed E-state index contributed by atoms with van der Waals surface area (Å²) in [5.74, 6) is -1.30. The summed E-state index contributed by atoms with van der Waals surface area (Å²) >= 11 is 0. The Bertz CT molecular complexity index is 393. The molecule has 0 aromatic rings. The highest BCUT2D eigenvalue weighted by Gasteiger charge is 2.44. The van der Waals surface area contributed by atoms with Crippen molar-refractivity contribution in [1.29, 1.82) is 0 Å². The summed E-state index contributed by atoms with van der Waals surface area (Å²) in [6.07, 6.45) is 2.08. The van der Waals surface area contributed by atoms with Gasteiger partial charge in [0.1, 0.15) is 0 Å². The summed E-state index contributed by atoms with van der Waals surface area (Å²) in [4.78, 5) is 35.8. The van der Waals surface area contributed by atoms with Gasteiger partial charge in [0.15, 0.2) is 0 Å². The molecule has 20 heavy (non-hydrogen) atoms. The number of hydrogen-bond donors (Lipinski definition) is 3. The normalized spacial score (nSPS) is 17.6. The minimum atomic E-state index is -0.856. The van der Waals surface area contributed by atoms with Crippen LogP contribution in [0.3, 0.4) is 0 Å². The number of carbonyl (C=O) groups is 3. The van der Waals surface area contributed by atoms with Crippen molar-refractivity contribution in [1.82, 2.24) is 15.5 Å². The van der Waals surface area contributed by atoms with Crippen LogP contribution in [0.2, 0.25) is 0 Å². The largest absolute Gasteiger partial charge is 0.481 e. The third kappa shape index (κ3) is 3.61. The molecule has 1 fully saturated rings. The fourth-order valence-electron chi connectivity index (χ4n) is 2.27. The highest BCUT2D eigenvalue weighted by molar-refractivity contribution is 5.80. The van der Waals surface area contributed by atoms with Crippen LogP contribution in [0, 0.1) is 11.3 Å². The Kier molecular flexibility index (Phi) is 5.35. The Morgan fingerprint density at radius 1 is 1.35 bits per heavy atom. The van der Waals surface area contributed by atoms with Crippen molar-refractivity contribution in [2.75, 3.05) is 27.2 Å². The van der Waals surface area contributed by atoms with E-state index in [-0.39, 0.29) is 30.9 Å². The summed E-state index contributed by atoms with van der Waals surface area (Å²) in [6.45, 7) is 2.15. The van der Waals surface area contributed by atoms with Crippen LogP contribution in [0.4, 0.5) is 4.79 Å². The zero-order valence-electron chi connectivity index (χ0n) is 12.2. The predicted octanol–water partition coefficient (Wildman–Crippen LogP) is 0.265. The molecule has 0 heterocycles. The molecule has 1 atom stereocenters. The van der Waals surface area contributed by atoms with E-state index in [1.165, 1.54) is 4.90 Å². The quantitative estimate of drug-likeness (QED) is 0.652. The minimum Gasteiger partial charge on any atom is -0.481 e. The van der Waals surface area contributed by atoms with E-state index in [9.17, 15) is 14.4 Å². The second kappa shape index (κ2) is 6.58. The fourth-order valence-corrected chi connectivity index (χ4v) is 2.27. The molecule has 0 aliphatic heterocycles. The average Bonchev–Trinajstić information content (AvgIpc) is 2.35. The highest BCUT2D eigenvalue weighted by atomic mass is 16.4. The number of nitrogens with one attached hydrogen (secondary N) is 2. The lowest BCUT2D eigenvalue weighted by molar-refractivity contribution is -0.153. The molecule has 1 aliphatic rings. The SMILES string of the molecule is CNC(=O)C(C)CN(C)C(=O)NCC1(C(=O)O)CCC1. The van der Waals surface area contributed by atoms with Crippen LogP contribution < -0.4 is 10.6 Å². The lowest BCUT2D eigenvalue weighted by Gasteiger charge is -2.38. The molecule has 7 heteroatoms. The molecule has 0 spiro atoms. The van der Waals surface area contributed by atoms with Crippen LogP contribution in [0.5, 0.6) is 0 Å². The molecule has 1 aliphatic carbocycles. The van der Waals surface area contributed by atoms with E-state index in [4.69, 9.17) is 5.11 Å². The van der Waals surface area contributed by atoms with Crippen molar-refractivity contribution in [3.8, 4) is 0 Å². The Hall–Kier alpha value is -1.79. The maximum Gasteiger partial charge on any atom is 0.317 e. The van der Waals surface area contributed by atoms with Gasteiger partial charge in [-0.2, -0.15) is 0 Å². The van der Waals surface area contributed by atoms with E-state index < -0.39 is 11.4 Å². The monoisotopic (exact) mass is 285 g/mol. The highest BCUT2D eigenvalue weighted by Crippen LogP contribution is 2.40. The summed E-state index contributed by atoms with van der Waals surface area (Å²) in [5.41, 5.74) is -0.803. The van der Waals surface area contributed by atoms with Gasteiger partial charge in [-0.05, 0) is 12.8 Å². The average molecular weight is 285 g/mol. The number of rotatable bonds is 6. The topological polar surface area (TPSA) is 98.7 Å². The van der Waals surface area contributed by atoms with Crippen molar-refractivity contribution in [3.63, 3.8) is 0 Å². The Labute approximate surface area is 118 Å². The number of carboxylic acids is 1. The van der Waals surface area contributed by atoms with Crippen LogP contribution in [0.25, 0.3) is 0 Å². The van der Waals surface area contributed by atoms with Gasteiger partial charge in [-0.1, -0.05) is 13.3 Å². The molecular formula is C13H23N3O4. The number of urea groups is 1. The Morgan fingerprint density at radius 2 is 1.95 bits per heavy atom. The second-order valence-electron chi connectivity index (χ2n) is 5.49. The zero-order chi connectivity index (χ0) is 15.3. The summed E-state index contributed by atoms with van der Waals surface area (Å²) in [6, 6.07) is -0.353. The molecule has 1 rings (SSSR count). The summed E-state index contributed by atoms with van der Waals surface area (Å²) in [5, 5.41) is 14.3. The van der Waals surface area contributed by atoms with Gasteiger partial charge in [-0.3, -0.25) is 9.59 Å². The van der Waals surface area contributed by atoms with Crippen LogP contribution in [-0.4, -0.2) is 55.1 Å². The molecule has 0 bridgehead atoms. The molecule has 7 nitrogen and oxygen atoms in total. The third-order valence-electron chi connectivity index (χ3n) is 3.93. The number of hydrogen-bond acceptors (Lipinski definition) is 3. The van der Waals surface area contributed by atoms with Crippen LogP contribution in [0.1, 0.15) is 26.2 Å². The maximum atomic E-state index is 11.9. The van der Waals surface area contributed by atoms with Gasteiger partial charge in [0, 0.05) is 27.2 Å². The first-order valence-electron chi connectivity index (χ1n) is 6.76. The van der Waals surface area contributed by atoms with Gasteiger partial charge in [0.25, 0.3) is 0 Å². The third-order valence-corrected chi connectivity index (χ3v) is 3.93. The van der Waals surface area contributed by atoms with E-state index in [0.717, 1.165) is 6.42 Å². The molecule has 1 saturated carbocycles. The minimum absolute atomic E-state index is 0.134. The Balaban J connectivity index is 2.42. The number of amides is 3. The molecule has 0 aromatic heterocycles. The summed E-state index contributed by atoms with van der Waals surface area (Å²) < 4.78 is 0. The number of carboxylic acid groups (broad SMARTS) is 1. The predicted molar refractivity (Wildman–Crippen MR) is 73.2 cm³/mol. The smallest absolute Gasteiger partial charge is 0.317 e. The van der Waals surface area contributed by atoms with Gasteiger partial charge in [0.05, 0.1) is 11.3 Å². The second-order valence-corrected chi connectivity index (χ2v) is 5.49. The first-order chi connectivity index (χ1) is 9.32. The molecule has 0 aromatic carbocycles. The van der Waals surface area contributed by atoms with Crippen molar-refractivity contribution < 1.29 is 19.5 Å². The standard InChI is InChI=1S/C13H23N3O4/c1-9(10(17)14-2)7-16(3)12(20)15-8-13(11(18)19)5-4-6-13/h9H,4-8H2,1-3H3,(H,14,17)(H,15,20)(H,18,19). The van der Waals surface area contributed by atoms with Crippen molar-refractivity contribution in [2.45, 2.75) is 26.2 Å². The molecule has 3 N–H and O–H groups in total. The van der Waals surface area contributed by atoms with Crippen molar-refractivity contribution in [2.24, 2.45) is 11.3 Å². The van der Waals surface area contributed by atoms with Crippen LogP contribution in [0.15, 0.2) is 0 Å². The van der Waals surface area contributed by atoms with Crippen molar-refractivity contribution >= 4 is 17.9 Å². The first kappa shape index (κ1) is 16.3. The van der Waals surface area contributed by atoms with Gasteiger partial charge in [-0.25, -0.2) is 4.79 Å². The number of carbonyl (C=O) groups excluding carboxylic acids is 2. The van der Waals surface area contributed by atoms with E-state index >= 15 is 0 Å². The molecule has 3 amide bonds. The van der Waals surface area contributed by atoms with Gasteiger partial charge in [-0.15, -0.1) is 0 Å². The van der Waals surface area contributed by atoms with E-state index in [1.807, 2.05) is 0 Å². The molecule has 0 radical (unpaired) electrons. The number of nitrogens with zero attached hydrogens (tertiary/aromatic N) is 1. The lowest BCUT2D eigenvalue weighted by atomic mass is 9.69. The molecule has 0 saturated heterocycles. The number of aliphatic carboxylic acids is 1. The van der Waals surface area contributed by atoms with Gasteiger partial charge >= 0.3 is 12.0 Å². The van der Waals surface area contributed by atoms with Crippen LogP contribution in [-0.2, 0) is 9.59 Å². The Morgan fingerprint density at radius 3 is 2.35 bits per heavy atom. The van der Waals surface area contributed by atoms with Gasteiger partial charge < -0.3 is 20.6 Å². The van der Waals surface area contributed by atoms with Gasteiger partial charge in [0.2, 0.25) is 5.91 Å². The lowest BCUT2D eigenvalue weighted by Crippen LogP contribution is -2.50. The molecule has 1 unspecified atom stereocenters. The van der Waals surface area contributed by atoms with E-state index in [2.05, 4.69) is 10.6 Å². The molecule has 114 valence electrons. The fraction of sp³-hybridized carbons (Fsp3) is 0.769. The molecular weight excluding hydrogens is 262 g/mol. The first-order valence-corrected chi connectivity index (χ1v) is 6.76. The van der Waals surface area contributed by atoms with E-state index in [0.29, 0.717) is 12.8 Å². The summed E-state index contributed by atoms with van der Waals surface area (Å²) in [7, 11) is 3.13. The van der Waals surface area contributed by atoms with Crippen LogP contribution >= 0.6 is 0 Å². The van der Waals surface area contributed by atoms with E-state index in [1.54, 1.807) is 21.0 Å².